The van der Waals surface area contributed by atoms with E-state index in [2.05, 4.69) is 11.9 Å². The highest BCUT2D eigenvalue weighted by Crippen LogP contribution is 2.32. The van der Waals surface area contributed by atoms with Gasteiger partial charge in [-0.25, -0.2) is 0 Å². The molecule has 0 atom stereocenters. The topological polar surface area (TPSA) is 49.9 Å². The summed E-state index contributed by atoms with van der Waals surface area (Å²) in [5.74, 6) is 0.176. The number of Topliss-reactive ketones (excluding diaryl/α,β-unsaturated/α-hetero) is 1. The van der Waals surface area contributed by atoms with Crippen molar-refractivity contribution >= 4 is 26.5 Å². The second-order valence-electron chi connectivity index (χ2n) is 4.15. The summed E-state index contributed by atoms with van der Waals surface area (Å²) >= 11 is 0. The van der Waals surface area contributed by atoms with Gasteiger partial charge in [0.2, 0.25) is 0 Å². The Hall–Kier alpha value is -0.940. The number of nitrogens with one attached hydrogen (secondary N) is 1. The second-order valence-corrected chi connectivity index (χ2v) is 6.23. The molecule has 0 amide bonds. The number of carbonyl (C=O) groups excluding carboxylic acids is 1. The molecule has 2 aliphatic rings. The minimum absolute atomic E-state index is 0.0945. The summed E-state index contributed by atoms with van der Waals surface area (Å²) in [6.45, 7) is 2.11. The number of H-pyrrole nitrogens is 1. The molecule has 3 nitrogen and oxygen atoms in total. The molecule has 0 saturated carbocycles. The molecule has 0 bridgehead atoms. The first-order valence-corrected chi connectivity index (χ1v) is 8.03. The summed E-state index contributed by atoms with van der Waals surface area (Å²) in [5, 5.41) is 1.92. The molecule has 2 rings (SSSR count). The maximum Gasteiger partial charge on any atom is 0.253 e. The van der Waals surface area contributed by atoms with Crippen LogP contribution in [0.4, 0.5) is 0 Å². The molecule has 0 aromatic carbocycles. The van der Waals surface area contributed by atoms with Crippen LogP contribution >= 0.6 is 20.7 Å². The number of fused-ring (bicyclic) bond motifs is 1. The number of rotatable bonds is 6. The minimum Gasteiger partial charge on any atom is -0.320 e. The molecule has 0 unspecified atom stereocenters. The number of aromatic amines is 1. The Bertz CT molecular complexity index is 523. The molecule has 0 radical (unpaired) electrons. The van der Waals surface area contributed by atoms with Crippen LogP contribution in [-0.2, 0) is 11.2 Å². The zero-order chi connectivity index (χ0) is 12.3. The van der Waals surface area contributed by atoms with Gasteiger partial charge in [-0.3, -0.25) is 9.59 Å². The van der Waals surface area contributed by atoms with E-state index in [0.717, 1.165) is 29.8 Å². The predicted octanol–water partition coefficient (Wildman–Crippen LogP) is 3.29. The van der Waals surface area contributed by atoms with Crippen LogP contribution in [0.15, 0.2) is 10.2 Å². The minimum atomic E-state index is -0.0945. The highest BCUT2D eigenvalue weighted by molar-refractivity contribution is 7.70. The van der Waals surface area contributed by atoms with Crippen LogP contribution in [0.1, 0.15) is 38.2 Å². The van der Waals surface area contributed by atoms with Crippen LogP contribution in [0.3, 0.4) is 0 Å². The number of hydrogen-bond acceptors (Lipinski definition) is 4. The molecule has 2 aliphatic heterocycles. The fourth-order valence-electron chi connectivity index (χ4n) is 1.84. The Morgan fingerprint density at radius 3 is 3.00 bits per heavy atom. The van der Waals surface area contributed by atoms with E-state index in [-0.39, 0.29) is 17.8 Å². The Labute approximate surface area is 107 Å². The quantitative estimate of drug-likeness (QED) is 0.646. The molecule has 0 saturated heterocycles. The molecule has 5 heteroatoms. The van der Waals surface area contributed by atoms with Gasteiger partial charge in [-0.05, 0) is 6.42 Å². The molecule has 0 aromatic heterocycles. The monoisotopic (exact) mass is 269 g/mol. The van der Waals surface area contributed by atoms with Gasteiger partial charge in [0.25, 0.3) is 5.56 Å². The molecule has 92 valence electrons. The van der Waals surface area contributed by atoms with E-state index in [1.54, 1.807) is 20.7 Å². The Kier molecular flexibility index (Phi) is 4.12. The molecule has 0 aromatic rings. The van der Waals surface area contributed by atoms with Gasteiger partial charge in [-0.15, -0.1) is 0 Å². The highest BCUT2D eigenvalue weighted by Gasteiger charge is 2.18. The molecule has 0 fully saturated rings. The zero-order valence-corrected chi connectivity index (χ0v) is 11.4. The van der Waals surface area contributed by atoms with Crippen molar-refractivity contribution in [1.29, 1.82) is 0 Å². The third-order valence-corrected chi connectivity index (χ3v) is 4.91. The Morgan fingerprint density at radius 1 is 1.41 bits per heavy atom. The van der Waals surface area contributed by atoms with Crippen molar-refractivity contribution in [2.75, 3.05) is 0 Å². The highest BCUT2D eigenvalue weighted by atomic mass is 32.9. The first kappa shape index (κ1) is 12.5. The van der Waals surface area contributed by atoms with Gasteiger partial charge in [0.05, 0.1) is 10.6 Å². The summed E-state index contributed by atoms with van der Waals surface area (Å²) in [6.07, 6.45) is 4.01. The Morgan fingerprint density at radius 2 is 2.24 bits per heavy atom. The van der Waals surface area contributed by atoms with Crippen LogP contribution in [0, 0.1) is 0 Å². The number of carbonyl (C=O) groups is 1. The molecule has 0 aliphatic carbocycles. The standard InChI is InChI=1S/C12H15NO2S2/c1-2-3-4-5-8(14)6-9-11-10(7-16-17-11)13-12(9)15/h7H,2-6H2,1H3,(H,13,15). The lowest BCUT2D eigenvalue weighted by Gasteiger charge is -1.98. The van der Waals surface area contributed by atoms with Crippen molar-refractivity contribution in [3.05, 3.63) is 21.3 Å². The third-order valence-electron chi connectivity index (χ3n) is 2.77. The maximum atomic E-state index is 11.8. The lowest BCUT2D eigenvalue weighted by molar-refractivity contribution is -0.118. The number of unbranched alkanes of at least 4 members (excludes halogenated alkanes) is 2. The van der Waals surface area contributed by atoms with E-state index in [1.165, 1.54) is 0 Å². The lowest BCUT2D eigenvalue weighted by Crippen LogP contribution is -2.11. The van der Waals surface area contributed by atoms with Gasteiger partial charge in [-0.1, -0.05) is 40.4 Å². The van der Waals surface area contributed by atoms with Gasteiger partial charge >= 0.3 is 0 Å². The smallest absolute Gasteiger partial charge is 0.253 e. The average molecular weight is 269 g/mol. The zero-order valence-electron chi connectivity index (χ0n) is 9.75. The van der Waals surface area contributed by atoms with Gasteiger partial charge < -0.3 is 4.98 Å². The van der Waals surface area contributed by atoms with Crippen LogP contribution in [0.25, 0.3) is 10.6 Å². The van der Waals surface area contributed by atoms with Gasteiger partial charge in [0, 0.05) is 23.8 Å². The summed E-state index contributed by atoms with van der Waals surface area (Å²) in [4.78, 5) is 27.2. The van der Waals surface area contributed by atoms with Gasteiger partial charge in [0.1, 0.15) is 5.78 Å². The average Bonchev–Trinajstić information content (AvgIpc) is 2.83. The second kappa shape index (κ2) is 5.60. The molecular weight excluding hydrogens is 254 g/mol. The van der Waals surface area contributed by atoms with Crippen molar-refractivity contribution in [3.63, 3.8) is 0 Å². The molecule has 1 N–H and O–H groups in total. The molecule has 0 spiro atoms. The van der Waals surface area contributed by atoms with E-state index < -0.39 is 0 Å². The van der Waals surface area contributed by atoms with E-state index in [0.29, 0.717) is 12.0 Å². The third kappa shape index (κ3) is 2.84. The molecule has 17 heavy (non-hydrogen) atoms. The summed E-state index contributed by atoms with van der Waals surface area (Å²) < 4.78 is 0. The molecule has 2 heterocycles. The van der Waals surface area contributed by atoms with E-state index in [1.807, 2.05) is 5.38 Å². The van der Waals surface area contributed by atoms with Crippen molar-refractivity contribution in [2.45, 2.75) is 39.0 Å². The molecular formula is C12H15NO2S2. The number of hydrogen-bond donors (Lipinski definition) is 1. The van der Waals surface area contributed by atoms with Crippen molar-refractivity contribution in [2.24, 2.45) is 0 Å². The van der Waals surface area contributed by atoms with Gasteiger partial charge in [-0.2, -0.15) is 0 Å². The summed E-state index contributed by atoms with van der Waals surface area (Å²) in [6, 6.07) is 0. The lowest BCUT2D eigenvalue weighted by atomic mass is 10.1. The normalized spacial score (nSPS) is 11.1. The fourth-order valence-corrected chi connectivity index (χ4v) is 4.09. The van der Waals surface area contributed by atoms with Crippen LogP contribution < -0.4 is 5.56 Å². The predicted molar refractivity (Wildman–Crippen MR) is 72.3 cm³/mol. The van der Waals surface area contributed by atoms with E-state index in [4.69, 9.17) is 0 Å². The van der Waals surface area contributed by atoms with Crippen molar-refractivity contribution in [3.8, 4) is 10.6 Å². The summed E-state index contributed by atoms with van der Waals surface area (Å²) in [7, 11) is 3.15. The number of ketones is 1. The van der Waals surface area contributed by atoms with Crippen LogP contribution in [0.2, 0.25) is 0 Å². The largest absolute Gasteiger partial charge is 0.320 e. The Balaban J connectivity index is 2.03. The maximum absolute atomic E-state index is 11.8. The van der Waals surface area contributed by atoms with E-state index >= 15 is 0 Å². The van der Waals surface area contributed by atoms with Crippen LogP contribution in [0.5, 0.6) is 0 Å². The number of aromatic nitrogens is 1. The first-order valence-electron chi connectivity index (χ1n) is 5.82. The van der Waals surface area contributed by atoms with Crippen LogP contribution in [-0.4, -0.2) is 10.8 Å². The summed E-state index contributed by atoms with van der Waals surface area (Å²) in [5.41, 5.74) is 1.44. The van der Waals surface area contributed by atoms with Crippen molar-refractivity contribution in [1.82, 2.24) is 4.98 Å². The first-order chi connectivity index (χ1) is 8.22. The SMILES string of the molecule is CCCCCC(=O)Cc1c2sscc-2[nH]c1=O. The van der Waals surface area contributed by atoms with Crippen molar-refractivity contribution < 1.29 is 4.79 Å². The van der Waals surface area contributed by atoms with Gasteiger partial charge in [0.15, 0.2) is 0 Å². The fraction of sp³-hybridized carbons (Fsp3) is 0.500. The van der Waals surface area contributed by atoms with E-state index in [9.17, 15) is 9.59 Å².